The van der Waals surface area contributed by atoms with Gasteiger partial charge in [0, 0.05) is 6.04 Å². The van der Waals surface area contributed by atoms with Crippen molar-refractivity contribution >= 4 is 11.8 Å². The first-order valence-corrected chi connectivity index (χ1v) is 8.17. The molecule has 0 spiro atoms. The number of carbonyl (C=O) groups is 2. The van der Waals surface area contributed by atoms with Crippen molar-refractivity contribution in [3.05, 3.63) is 0 Å². The first-order chi connectivity index (χ1) is 9.54. The summed E-state index contributed by atoms with van der Waals surface area (Å²) in [6, 6.07) is -0.355. The minimum Gasteiger partial charge on any atom is -0.343 e. The summed E-state index contributed by atoms with van der Waals surface area (Å²) < 4.78 is 0. The van der Waals surface area contributed by atoms with Crippen LogP contribution in [0.3, 0.4) is 0 Å². The number of piperazine rings is 1. The van der Waals surface area contributed by atoms with Crippen molar-refractivity contribution in [2.45, 2.75) is 83.8 Å². The predicted octanol–water partition coefficient (Wildman–Crippen LogP) is 2.47. The minimum absolute atomic E-state index is 0.0142. The van der Waals surface area contributed by atoms with Crippen LogP contribution in [0.5, 0.6) is 0 Å². The molecule has 114 valence electrons. The second kappa shape index (κ2) is 6.59. The maximum Gasteiger partial charge on any atom is 0.246 e. The lowest BCUT2D eigenvalue weighted by Crippen LogP contribution is -2.64. The minimum atomic E-state index is -0.311. The topological polar surface area (TPSA) is 49.4 Å². The number of carbonyl (C=O) groups excluding carboxylic acids is 2. The number of nitrogens with one attached hydrogen (secondary N) is 1. The van der Waals surface area contributed by atoms with Crippen LogP contribution in [0, 0.1) is 5.92 Å². The molecular formula is C16H28N2O2. The molecule has 2 rings (SSSR count). The highest BCUT2D eigenvalue weighted by Crippen LogP contribution is 2.29. The largest absolute Gasteiger partial charge is 0.343 e. The van der Waals surface area contributed by atoms with Gasteiger partial charge >= 0.3 is 0 Å². The summed E-state index contributed by atoms with van der Waals surface area (Å²) in [5.41, 5.74) is 0. The van der Waals surface area contributed by atoms with E-state index in [9.17, 15) is 9.59 Å². The molecule has 2 aliphatic rings. The lowest BCUT2D eigenvalue weighted by atomic mass is 9.98. The molecule has 1 heterocycles. The van der Waals surface area contributed by atoms with E-state index in [1.165, 1.54) is 19.3 Å². The van der Waals surface area contributed by atoms with Gasteiger partial charge in [-0.1, -0.05) is 33.1 Å². The summed E-state index contributed by atoms with van der Waals surface area (Å²) >= 11 is 0. The Balaban J connectivity index is 2.13. The molecule has 0 bridgehead atoms. The zero-order valence-corrected chi connectivity index (χ0v) is 13.0. The molecule has 1 N–H and O–H groups in total. The van der Waals surface area contributed by atoms with E-state index < -0.39 is 0 Å². The standard InChI is InChI=1S/C16H28N2O2/c1-4-6-14-16(20)18(12(3)15(19)17-14)13-8-5-7-11(2)9-10-13/h11-14H,4-10H2,1-3H3,(H,17,19). The molecule has 2 fully saturated rings. The van der Waals surface area contributed by atoms with Gasteiger partial charge in [-0.15, -0.1) is 0 Å². The number of nitrogens with zero attached hydrogens (tertiary/aromatic N) is 1. The first kappa shape index (κ1) is 15.3. The molecule has 0 aromatic carbocycles. The highest BCUT2D eigenvalue weighted by Gasteiger charge is 2.41. The zero-order valence-electron chi connectivity index (χ0n) is 13.0. The Morgan fingerprint density at radius 2 is 1.90 bits per heavy atom. The smallest absolute Gasteiger partial charge is 0.246 e. The Morgan fingerprint density at radius 1 is 1.15 bits per heavy atom. The molecule has 1 aliphatic heterocycles. The highest BCUT2D eigenvalue weighted by atomic mass is 16.2. The van der Waals surface area contributed by atoms with Crippen LogP contribution in [-0.4, -0.2) is 34.8 Å². The molecule has 20 heavy (non-hydrogen) atoms. The van der Waals surface area contributed by atoms with Gasteiger partial charge in [0.1, 0.15) is 12.1 Å². The molecule has 1 aliphatic carbocycles. The molecule has 2 amide bonds. The van der Waals surface area contributed by atoms with Crippen LogP contribution in [0.15, 0.2) is 0 Å². The van der Waals surface area contributed by atoms with E-state index in [-0.39, 0.29) is 29.9 Å². The summed E-state index contributed by atoms with van der Waals surface area (Å²) in [7, 11) is 0. The van der Waals surface area contributed by atoms with Gasteiger partial charge in [-0.2, -0.15) is 0 Å². The lowest BCUT2D eigenvalue weighted by molar-refractivity contribution is -0.152. The van der Waals surface area contributed by atoms with Crippen LogP contribution in [0.2, 0.25) is 0 Å². The number of amides is 2. The molecule has 1 saturated carbocycles. The Labute approximate surface area is 122 Å². The fourth-order valence-corrected chi connectivity index (χ4v) is 3.58. The monoisotopic (exact) mass is 280 g/mol. The van der Waals surface area contributed by atoms with Crippen molar-refractivity contribution in [3.63, 3.8) is 0 Å². The van der Waals surface area contributed by atoms with Gasteiger partial charge in [0.15, 0.2) is 0 Å². The van der Waals surface area contributed by atoms with Gasteiger partial charge in [0.25, 0.3) is 0 Å². The van der Waals surface area contributed by atoms with Crippen molar-refractivity contribution in [1.29, 1.82) is 0 Å². The average Bonchev–Trinajstić information content (AvgIpc) is 2.62. The van der Waals surface area contributed by atoms with Crippen molar-refractivity contribution < 1.29 is 9.59 Å². The van der Waals surface area contributed by atoms with Gasteiger partial charge in [0.05, 0.1) is 0 Å². The van der Waals surface area contributed by atoms with Crippen LogP contribution >= 0.6 is 0 Å². The SMILES string of the molecule is CCCC1NC(=O)C(C)N(C2CCCC(C)CC2)C1=O. The second-order valence-corrected chi connectivity index (χ2v) is 6.54. The Hall–Kier alpha value is -1.06. The van der Waals surface area contributed by atoms with Crippen LogP contribution < -0.4 is 5.32 Å². The molecular weight excluding hydrogens is 252 g/mol. The second-order valence-electron chi connectivity index (χ2n) is 6.54. The lowest BCUT2D eigenvalue weighted by Gasteiger charge is -2.42. The number of hydrogen-bond donors (Lipinski definition) is 1. The molecule has 0 radical (unpaired) electrons. The fourth-order valence-electron chi connectivity index (χ4n) is 3.58. The Bertz CT molecular complexity index is 369. The van der Waals surface area contributed by atoms with E-state index in [4.69, 9.17) is 0 Å². The van der Waals surface area contributed by atoms with Crippen molar-refractivity contribution in [2.75, 3.05) is 0 Å². The van der Waals surface area contributed by atoms with E-state index in [1.54, 1.807) is 0 Å². The third-order valence-electron chi connectivity index (χ3n) is 4.86. The molecule has 0 aromatic rings. The Morgan fingerprint density at radius 3 is 2.60 bits per heavy atom. The molecule has 4 heteroatoms. The van der Waals surface area contributed by atoms with Gasteiger partial charge in [-0.05, 0) is 38.5 Å². The molecule has 4 atom stereocenters. The maximum atomic E-state index is 12.7. The van der Waals surface area contributed by atoms with Gasteiger partial charge in [0.2, 0.25) is 11.8 Å². The van der Waals surface area contributed by atoms with Crippen LogP contribution in [0.4, 0.5) is 0 Å². The quantitative estimate of drug-likeness (QED) is 0.807. The summed E-state index contributed by atoms with van der Waals surface area (Å²) in [5, 5.41) is 2.88. The fraction of sp³-hybridized carbons (Fsp3) is 0.875. The normalized spacial score (nSPS) is 35.6. The Kier molecular flexibility index (Phi) is 5.06. The van der Waals surface area contributed by atoms with Gasteiger partial charge in [-0.3, -0.25) is 9.59 Å². The average molecular weight is 280 g/mol. The van der Waals surface area contributed by atoms with E-state index in [2.05, 4.69) is 19.2 Å². The third-order valence-corrected chi connectivity index (χ3v) is 4.86. The first-order valence-electron chi connectivity index (χ1n) is 8.17. The number of hydrogen-bond acceptors (Lipinski definition) is 2. The maximum absolute atomic E-state index is 12.7. The summed E-state index contributed by atoms with van der Waals surface area (Å²) in [6.07, 6.45) is 7.34. The van der Waals surface area contributed by atoms with E-state index in [0.29, 0.717) is 0 Å². The number of rotatable bonds is 3. The van der Waals surface area contributed by atoms with E-state index in [1.807, 2.05) is 11.8 Å². The van der Waals surface area contributed by atoms with Crippen LogP contribution in [0.25, 0.3) is 0 Å². The van der Waals surface area contributed by atoms with Gasteiger partial charge < -0.3 is 10.2 Å². The van der Waals surface area contributed by atoms with Gasteiger partial charge in [-0.25, -0.2) is 0 Å². The van der Waals surface area contributed by atoms with Crippen molar-refractivity contribution in [2.24, 2.45) is 5.92 Å². The van der Waals surface area contributed by atoms with Crippen LogP contribution in [-0.2, 0) is 9.59 Å². The summed E-state index contributed by atoms with van der Waals surface area (Å²) in [6.45, 7) is 6.20. The predicted molar refractivity (Wildman–Crippen MR) is 79.2 cm³/mol. The zero-order chi connectivity index (χ0) is 14.7. The molecule has 4 unspecified atom stereocenters. The summed E-state index contributed by atoms with van der Waals surface area (Å²) in [4.78, 5) is 26.7. The summed E-state index contributed by atoms with van der Waals surface area (Å²) in [5.74, 6) is 0.898. The van der Waals surface area contributed by atoms with E-state index >= 15 is 0 Å². The van der Waals surface area contributed by atoms with E-state index in [0.717, 1.165) is 31.6 Å². The van der Waals surface area contributed by atoms with Crippen molar-refractivity contribution in [3.8, 4) is 0 Å². The molecule has 1 saturated heterocycles. The molecule has 4 nitrogen and oxygen atoms in total. The highest BCUT2D eigenvalue weighted by molar-refractivity contribution is 5.96. The third kappa shape index (κ3) is 3.15. The van der Waals surface area contributed by atoms with Crippen LogP contribution in [0.1, 0.15) is 65.7 Å². The van der Waals surface area contributed by atoms with Crippen molar-refractivity contribution in [1.82, 2.24) is 10.2 Å². The molecule has 0 aromatic heterocycles.